The van der Waals surface area contributed by atoms with Crippen molar-refractivity contribution < 1.29 is 4.79 Å². The highest BCUT2D eigenvalue weighted by atomic mass is 35.5. The first kappa shape index (κ1) is 16.9. The highest BCUT2D eigenvalue weighted by Gasteiger charge is 2.10. The molecule has 0 bridgehead atoms. The molecule has 1 amide bonds. The summed E-state index contributed by atoms with van der Waals surface area (Å²) < 4.78 is 0. The number of nitrogens with one attached hydrogen (secondary N) is 2. The fraction of sp³-hybridized carbons (Fsp3) is 0.105. The molecule has 0 unspecified atom stereocenters. The summed E-state index contributed by atoms with van der Waals surface area (Å²) in [4.78, 5) is 20.9. The van der Waals surface area contributed by atoms with Crippen molar-refractivity contribution in [2.24, 2.45) is 0 Å². The van der Waals surface area contributed by atoms with Gasteiger partial charge in [-0.15, -0.1) is 0 Å². The molecule has 0 saturated carbocycles. The molecule has 6 heteroatoms. The fourth-order valence-electron chi connectivity index (χ4n) is 2.30. The predicted molar refractivity (Wildman–Crippen MR) is 99.1 cm³/mol. The molecule has 3 rings (SSSR count). The van der Waals surface area contributed by atoms with Gasteiger partial charge in [-0.05, 0) is 36.8 Å². The van der Waals surface area contributed by atoms with E-state index in [4.69, 9.17) is 11.6 Å². The first-order valence-corrected chi connectivity index (χ1v) is 8.18. The minimum atomic E-state index is -0.242. The largest absolute Gasteiger partial charge is 0.347 e. The topological polar surface area (TPSA) is 66.9 Å². The molecule has 1 heterocycles. The van der Waals surface area contributed by atoms with Crippen LogP contribution in [0.1, 0.15) is 21.9 Å². The smallest absolute Gasteiger partial charge is 0.270 e. The zero-order valence-corrected chi connectivity index (χ0v) is 14.4. The van der Waals surface area contributed by atoms with E-state index in [2.05, 4.69) is 20.6 Å². The maximum absolute atomic E-state index is 12.4. The molecule has 126 valence electrons. The quantitative estimate of drug-likeness (QED) is 0.725. The summed E-state index contributed by atoms with van der Waals surface area (Å²) >= 11 is 5.89. The molecule has 0 radical (unpaired) electrons. The summed E-state index contributed by atoms with van der Waals surface area (Å²) in [6.45, 7) is 2.20. The van der Waals surface area contributed by atoms with Gasteiger partial charge in [-0.1, -0.05) is 41.9 Å². The number of hydrogen-bond acceptors (Lipinski definition) is 4. The minimum Gasteiger partial charge on any atom is -0.347 e. The van der Waals surface area contributed by atoms with Gasteiger partial charge in [0.25, 0.3) is 5.91 Å². The highest BCUT2D eigenvalue weighted by Crippen LogP contribution is 2.18. The van der Waals surface area contributed by atoms with Crippen LogP contribution in [-0.2, 0) is 6.54 Å². The average Bonchev–Trinajstić information content (AvgIpc) is 2.62. The molecule has 0 aliphatic carbocycles. The Hall–Kier alpha value is -2.92. The van der Waals surface area contributed by atoms with E-state index in [9.17, 15) is 4.79 Å². The Labute approximate surface area is 151 Å². The Morgan fingerprint density at radius 3 is 2.48 bits per heavy atom. The van der Waals surface area contributed by atoms with Gasteiger partial charge in [0.05, 0.1) is 0 Å². The predicted octanol–water partition coefficient (Wildman–Crippen LogP) is 4.11. The lowest BCUT2D eigenvalue weighted by molar-refractivity contribution is 0.0945. The van der Waals surface area contributed by atoms with Gasteiger partial charge in [0.15, 0.2) is 0 Å². The van der Waals surface area contributed by atoms with Gasteiger partial charge in [-0.2, -0.15) is 0 Å². The van der Waals surface area contributed by atoms with E-state index in [-0.39, 0.29) is 5.91 Å². The third-order valence-electron chi connectivity index (χ3n) is 3.48. The number of halogens is 1. The van der Waals surface area contributed by atoms with E-state index < -0.39 is 0 Å². The van der Waals surface area contributed by atoms with Gasteiger partial charge in [-0.25, -0.2) is 9.97 Å². The number of aryl methyl sites for hydroxylation is 1. The highest BCUT2D eigenvalue weighted by molar-refractivity contribution is 6.30. The van der Waals surface area contributed by atoms with E-state index in [1.807, 2.05) is 42.5 Å². The Morgan fingerprint density at radius 2 is 1.76 bits per heavy atom. The normalized spacial score (nSPS) is 10.3. The summed E-state index contributed by atoms with van der Waals surface area (Å²) in [6, 6.07) is 18.6. The van der Waals surface area contributed by atoms with Crippen molar-refractivity contribution in [2.75, 3.05) is 5.32 Å². The molecule has 0 atom stereocenters. The van der Waals surface area contributed by atoms with Crippen LogP contribution in [0.4, 0.5) is 11.5 Å². The van der Waals surface area contributed by atoms with Gasteiger partial charge in [-0.3, -0.25) is 4.79 Å². The second-order valence-corrected chi connectivity index (χ2v) is 5.92. The van der Waals surface area contributed by atoms with E-state index in [1.165, 1.54) is 0 Å². The van der Waals surface area contributed by atoms with Crippen molar-refractivity contribution >= 4 is 29.0 Å². The molecular weight excluding hydrogens is 336 g/mol. The molecule has 0 aliphatic rings. The lowest BCUT2D eigenvalue weighted by Gasteiger charge is -2.09. The SMILES string of the molecule is Cc1nc(Nc2ccc(Cl)cc2)cc(C(=O)NCc2ccccc2)n1. The standard InChI is InChI=1S/C19H17ClN4O/c1-13-22-17(19(25)21-12-14-5-3-2-4-6-14)11-18(23-13)24-16-9-7-15(20)8-10-16/h2-11H,12H2,1H3,(H,21,25)(H,22,23,24). The fourth-order valence-corrected chi connectivity index (χ4v) is 2.42. The zero-order chi connectivity index (χ0) is 17.6. The monoisotopic (exact) mass is 352 g/mol. The Kier molecular flexibility index (Phi) is 5.26. The van der Waals surface area contributed by atoms with E-state index in [0.717, 1.165) is 11.3 Å². The van der Waals surface area contributed by atoms with E-state index in [1.54, 1.807) is 25.1 Å². The van der Waals surface area contributed by atoms with Crippen molar-refractivity contribution in [2.45, 2.75) is 13.5 Å². The second-order valence-electron chi connectivity index (χ2n) is 5.49. The van der Waals surface area contributed by atoms with Crippen molar-refractivity contribution in [3.05, 3.63) is 82.8 Å². The molecule has 0 aliphatic heterocycles. The molecule has 0 saturated heterocycles. The van der Waals surface area contributed by atoms with Crippen molar-refractivity contribution in [1.29, 1.82) is 0 Å². The van der Waals surface area contributed by atoms with E-state index in [0.29, 0.717) is 28.9 Å². The zero-order valence-electron chi connectivity index (χ0n) is 13.7. The Bertz CT molecular complexity index is 866. The van der Waals surface area contributed by atoms with Crippen molar-refractivity contribution in [3.8, 4) is 0 Å². The van der Waals surface area contributed by atoms with Crippen LogP contribution in [0.3, 0.4) is 0 Å². The van der Waals surface area contributed by atoms with Crippen LogP contribution < -0.4 is 10.6 Å². The lowest BCUT2D eigenvalue weighted by atomic mass is 10.2. The molecule has 25 heavy (non-hydrogen) atoms. The number of nitrogens with zero attached hydrogens (tertiary/aromatic N) is 2. The van der Waals surface area contributed by atoms with Crippen molar-refractivity contribution in [3.63, 3.8) is 0 Å². The summed E-state index contributed by atoms with van der Waals surface area (Å²) in [6.07, 6.45) is 0. The molecule has 3 aromatic rings. The molecule has 1 aromatic heterocycles. The molecular formula is C19H17ClN4O. The summed E-state index contributed by atoms with van der Waals surface area (Å²) in [5.41, 5.74) is 2.18. The van der Waals surface area contributed by atoms with Gasteiger partial charge in [0.2, 0.25) is 0 Å². The molecule has 5 nitrogen and oxygen atoms in total. The lowest BCUT2D eigenvalue weighted by Crippen LogP contribution is -2.24. The third kappa shape index (κ3) is 4.78. The first-order chi connectivity index (χ1) is 12.1. The number of carbonyl (C=O) groups is 1. The molecule has 2 aromatic carbocycles. The van der Waals surface area contributed by atoms with Crippen LogP contribution in [0.2, 0.25) is 5.02 Å². The number of carbonyl (C=O) groups excluding carboxylic acids is 1. The van der Waals surface area contributed by atoms with Crippen molar-refractivity contribution in [1.82, 2.24) is 15.3 Å². The molecule has 0 spiro atoms. The minimum absolute atomic E-state index is 0.242. The maximum atomic E-state index is 12.4. The summed E-state index contributed by atoms with van der Waals surface area (Å²) in [5.74, 6) is 0.831. The van der Waals surface area contributed by atoms with Gasteiger partial charge in [0, 0.05) is 23.3 Å². The van der Waals surface area contributed by atoms with Crippen LogP contribution in [-0.4, -0.2) is 15.9 Å². The number of rotatable bonds is 5. The average molecular weight is 353 g/mol. The van der Waals surface area contributed by atoms with Crippen LogP contribution in [0, 0.1) is 6.92 Å². The van der Waals surface area contributed by atoms with Gasteiger partial charge >= 0.3 is 0 Å². The van der Waals surface area contributed by atoms with Crippen LogP contribution in [0.5, 0.6) is 0 Å². The molecule has 0 fully saturated rings. The summed E-state index contributed by atoms with van der Waals surface area (Å²) in [7, 11) is 0. The number of aromatic nitrogens is 2. The van der Waals surface area contributed by atoms with Gasteiger partial charge in [0.1, 0.15) is 17.3 Å². The second kappa shape index (κ2) is 7.77. The number of hydrogen-bond donors (Lipinski definition) is 2. The van der Waals surface area contributed by atoms with Crippen LogP contribution in [0.25, 0.3) is 0 Å². The van der Waals surface area contributed by atoms with Crippen LogP contribution in [0.15, 0.2) is 60.7 Å². The first-order valence-electron chi connectivity index (χ1n) is 7.80. The summed E-state index contributed by atoms with van der Waals surface area (Å²) in [5, 5.41) is 6.68. The van der Waals surface area contributed by atoms with Crippen LogP contribution >= 0.6 is 11.6 Å². The molecule has 2 N–H and O–H groups in total. The van der Waals surface area contributed by atoms with E-state index >= 15 is 0 Å². The Balaban J connectivity index is 1.72. The van der Waals surface area contributed by atoms with Gasteiger partial charge < -0.3 is 10.6 Å². The number of amides is 1. The number of benzene rings is 2. The Morgan fingerprint density at radius 1 is 1.04 bits per heavy atom. The number of anilines is 2. The maximum Gasteiger partial charge on any atom is 0.270 e. The third-order valence-corrected chi connectivity index (χ3v) is 3.74.